The number of nitrogens with one attached hydrogen (secondary N) is 1. The average Bonchev–Trinajstić information content (AvgIpc) is 2.70. The molecule has 2 amide bonds. The van der Waals surface area contributed by atoms with E-state index in [1.807, 2.05) is 0 Å². The highest BCUT2D eigenvalue weighted by atomic mass is 19.1. The minimum absolute atomic E-state index is 0.0993. The zero-order valence-corrected chi connectivity index (χ0v) is 16.7. The SMILES string of the molecule is CC(=O)N[C@@H]1C(O)=C(C(N)=O)C(=O)[C@@]2(O)C(O)=C3C(=O)c4c(O)ccc(F)c4C[C@H]3C[C@@H]12. The molecule has 1 aromatic rings. The molecule has 10 nitrogen and oxygen atoms in total. The molecule has 0 saturated carbocycles. The zero-order chi connectivity index (χ0) is 23.7. The molecule has 0 aromatic heterocycles. The van der Waals surface area contributed by atoms with Crippen LogP contribution in [0.5, 0.6) is 5.75 Å². The fourth-order valence-electron chi connectivity index (χ4n) is 5.02. The molecule has 0 spiro atoms. The summed E-state index contributed by atoms with van der Waals surface area (Å²) < 4.78 is 14.4. The molecular formula is C21H19FN2O8. The number of nitrogens with two attached hydrogens (primary N) is 1. The number of phenols is 1. The fourth-order valence-corrected chi connectivity index (χ4v) is 5.02. The van der Waals surface area contributed by atoms with Crippen molar-refractivity contribution in [3.8, 4) is 5.75 Å². The van der Waals surface area contributed by atoms with Gasteiger partial charge in [-0.1, -0.05) is 0 Å². The van der Waals surface area contributed by atoms with Crippen molar-refractivity contribution in [1.29, 1.82) is 0 Å². The Morgan fingerprint density at radius 1 is 1.22 bits per heavy atom. The van der Waals surface area contributed by atoms with Crippen LogP contribution in [0.2, 0.25) is 0 Å². The van der Waals surface area contributed by atoms with Crippen LogP contribution >= 0.6 is 0 Å². The largest absolute Gasteiger partial charge is 0.509 e. The number of hydrogen-bond donors (Lipinski definition) is 6. The molecule has 4 rings (SSSR count). The molecule has 3 aliphatic carbocycles. The number of hydrogen-bond acceptors (Lipinski definition) is 8. The lowest BCUT2D eigenvalue weighted by molar-refractivity contribution is -0.147. The third-order valence-corrected chi connectivity index (χ3v) is 6.39. The Hall–Kier alpha value is -3.73. The summed E-state index contributed by atoms with van der Waals surface area (Å²) in [6.45, 7) is 1.09. The Kier molecular flexibility index (Phi) is 4.63. The lowest BCUT2D eigenvalue weighted by Crippen LogP contribution is -2.64. The van der Waals surface area contributed by atoms with Crippen molar-refractivity contribution in [2.75, 3.05) is 0 Å². The smallest absolute Gasteiger partial charge is 0.255 e. The van der Waals surface area contributed by atoms with Crippen LogP contribution in [0.1, 0.15) is 29.3 Å². The molecule has 7 N–H and O–H groups in total. The summed E-state index contributed by atoms with van der Waals surface area (Å²) in [7, 11) is 0. The predicted molar refractivity (Wildman–Crippen MR) is 104 cm³/mol. The number of primary amides is 1. The highest BCUT2D eigenvalue weighted by Crippen LogP contribution is 2.51. The number of fused-ring (bicyclic) bond motifs is 3. The topological polar surface area (TPSA) is 187 Å². The second kappa shape index (κ2) is 6.89. The van der Waals surface area contributed by atoms with Gasteiger partial charge >= 0.3 is 0 Å². The molecule has 11 heteroatoms. The molecular weight excluding hydrogens is 427 g/mol. The van der Waals surface area contributed by atoms with Gasteiger partial charge in [-0.05, 0) is 30.9 Å². The van der Waals surface area contributed by atoms with Gasteiger partial charge in [0.1, 0.15) is 28.7 Å². The number of aliphatic hydroxyl groups excluding tert-OH is 2. The maximum absolute atomic E-state index is 14.4. The molecule has 32 heavy (non-hydrogen) atoms. The number of carbonyl (C=O) groups is 4. The van der Waals surface area contributed by atoms with Crippen molar-refractivity contribution in [2.45, 2.75) is 31.4 Å². The van der Waals surface area contributed by atoms with Crippen LogP contribution < -0.4 is 11.1 Å². The van der Waals surface area contributed by atoms with Gasteiger partial charge in [0.05, 0.1) is 11.6 Å². The quantitative estimate of drug-likeness (QED) is 0.338. The van der Waals surface area contributed by atoms with E-state index < -0.39 is 86.7 Å². The number of aromatic hydroxyl groups is 1. The van der Waals surface area contributed by atoms with Crippen LogP contribution in [0.3, 0.4) is 0 Å². The number of rotatable bonds is 2. The standard InChI is InChI=1S/C21H19FN2O8/c1-6(25)24-15-9-5-7-4-8-10(22)2-3-11(26)13(8)16(27)12(7)18(29)21(9,32)19(30)14(17(15)28)20(23)31/h2-3,7,9,15,26,28-29,32H,4-5H2,1H3,(H2,23,31)(H,24,25)/t7-,9-,15-,21-/m0/s1. The molecule has 0 aliphatic heterocycles. The van der Waals surface area contributed by atoms with E-state index in [9.17, 15) is 44.0 Å². The Morgan fingerprint density at radius 3 is 2.47 bits per heavy atom. The summed E-state index contributed by atoms with van der Waals surface area (Å²) in [5.74, 6) is -10.1. The fraction of sp³-hybridized carbons (Fsp3) is 0.333. The van der Waals surface area contributed by atoms with Gasteiger partial charge in [-0.3, -0.25) is 19.2 Å². The first-order chi connectivity index (χ1) is 14.9. The van der Waals surface area contributed by atoms with E-state index in [1.165, 1.54) is 0 Å². The van der Waals surface area contributed by atoms with Crippen LogP contribution in [0, 0.1) is 17.7 Å². The highest BCUT2D eigenvalue weighted by molar-refractivity contribution is 6.24. The van der Waals surface area contributed by atoms with Gasteiger partial charge in [0.2, 0.25) is 11.7 Å². The van der Waals surface area contributed by atoms with Gasteiger partial charge in [0.15, 0.2) is 11.4 Å². The predicted octanol–water partition coefficient (Wildman–Crippen LogP) is -0.166. The highest BCUT2D eigenvalue weighted by Gasteiger charge is 2.63. The first kappa shape index (κ1) is 21.5. The number of allylic oxidation sites excluding steroid dienone is 1. The normalized spacial score (nSPS) is 29.3. The van der Waals surface area contributed by atoms with Crippen LogP contribution in [0.4, 0.5) is 4.39 Å². The molecule has 0 radical (unpaired) electrons. The van der Waals surface area contributed by atoms with Gasteiger partial charge in [0, 0.05) is 24.0 Å². The number of halogens is 1. The van der Waals surface area contributed by atoms with Crippen LogP contribution in [-0.2, 0) is 20.8 Å². The van der Waals surface area contributed by atoms with Crippen molar-refractivity contribution >= 4 is 23.4 Å². The lowest BCUT2D eigenvalue weighted by Gasteiger charge is -2.48. The number of Topliss-reactive ketones (excluding diaryl/α,β-unsaturated/α-hetero) is 2. The number of ketones is 2. The Labute approximate surface area is 179 Å². The van der Waals surface area contributed by atoms with E-state index in [2.05, 4.69) is 5.32 Å². The summed E-state index contributed by atoms with van der Waals surface area (Å²) >= 11 is 0. The molecule has 0 bridgehead atoms. The molecule has 4 atom stereocenters. The van der Waals surface area contributed by atoms with Gasteiger partial charge in [-0.2, -0.15) is 0 Å². The van der Waals surface area contributed by atoms with Gasteiger partial charge in [-0.15, -0.1) is 0 Å². The first-order valence-electron chi connectivity index (χ1n) is 9.67. The van der Waals surface area contributed by atoms with Gasteiger partial charge in [0.25, 0.3) is 5.91 Å². The van der Waals surface area contributed by atoms with E-state index in [0.29, 0.717) is 0 Å². The number of amides is 2. The summed E-state index contributed by atoms with van der Waals surface area (Å²) in [6.07, 6.45) is -0.412. The zero-order valence-electron chi connectivity index (χ0n) is 16.7. The van der Waals surface area contributed by atoms with Gasteiger partial charge in [-0.25, -0.2) is 4.39 Å². The monoisotopic (exact) mass is 446 g/mol. The van der Waals surface area contributed by atoms with Crippen molar-refractivity contribution in [3.63, 3.8) is 0 Å². The molecule has 0 heterocycles. The number of aliphatic hydroxyl groups is 3. The average molecular weight is 446 g/mol. The van der Waals surface area contributed by atoms with Crippen molar-refractivity contribution in [1.82, 2.24) is 5.32 Å². The van der Waals surface area contributed by atoms with Gasteiger partial charge < -0.3 is 31.5 Å². The number of carbonyl (C=O) groups excluding carboxylic acids is 4. The van der Waals surface area contributed by atoms with E-state index in [1.54, 1.807) is 0 Å². The third kappa shape index (κ3) is 2.67. The van der Waals surface area contributed by atoms with E-state index in [4.69, 9.17) is 5.73 Å². The summed E-state index contributed by atoms with van der Waals surface area (Å²) in [5, 5.41) is 45.2. The maximum atomic E-state index is 14.4. The second-order valence-corrected chi connectivity index (χ2v) is 8.15. The second-order valence-electron chi connectivity index (χ2n) is 8.15. The molecule has 168 valence electrons. The van der Waals surface area contributed by atoms with E-state index in [-0.39, 0.29) is 18.4 Å². The third-order valence-electron chi connectivity index (χ3n) is 6.39. The Bertz CT molecular complexity index is 1190. The first-order valence-corrected chi connectivity index (χ1v) is 9.67. The minimum atomic E-state index is -2.87. The summed E-state index contributed by atoms with van der Waals surface area (Å²) in [5.41, 5.74) is 0.372. The summed E-state index contributed by atoms with van der Waals surface area (Å²) in [6, 6.07) is 0.453. The maximum Gasteiger partial charge on any atom is 0.255 e. The molecule has 0 fully saturated rings. The lowest BCUT2D eigenvalue weighted by atomic mass is 9.59. The Balaban J connectivity index is 1.97. The van der Waals surface area contributed by atoms with Crippen LogP contribution in [0.15, 0.2) is 34.8 Å². The van der Waals surface area contributed by atoms with Crippen LogP contribution in [0.25, 0.3) is 0 Å². The Morgan fingerprint density at radius 2 is 1.88 bits per heavy atom. The van der Waals surface area contributed by atoms with Crippen molar-refractivity contribution in [2.24, 2.45) is 17.6 Å². The summed E-state index contributed by atoms with van der Waals surface area (Å²) in [4.78, 5) is 49.7. The minimum Gasteiger partial charge on any atom is -0.509 e. The molecule has 3 aliphatic rings. The van der Waals surface area contributed by atoms with Crippen LogP contribution in [-0.4, -0.2) is 55.4 Å². The van der Waals surface area contributed by atoms with Crippen molar-refractivity contribution < 1.29 is 44.0 Å². The van der Waals surface area contributed by atoms with Crippen molar-refractivity contribution in [3.05, 3.63) is 51.7 Å². The molecule has 0 saturated heterocycles. The number of phenolic OH excluding ortho intramolecular Hbond substituents is 1. The van der Waals surface area contributed by atoms with E-state index in [0.717, 1.165) is 19.1 Å². The molecule has 0 unspecified atom stereocenters. The van der Waals surface area contributed by atoms with E-state index >= 15 is 0 Å². The number of benzene rings is 1. The molecule has 1 aromatic carbocycles.